The SMILES string of the molecule is CCc1cc(C(=O)NC[C@@H]2C[C@H](C)CCN2C(=O)c2cc(C)ccc2C)cc(=O)[nH]1. The lowest BCUT2D eigenvalue weighted by Crippen LogP contribution is -2.51. The van der Waals surface area contributed by atoms with Crippen LogP contribution in [-0.2, 0) is 6.42 Å². The lowest BCUT2D eigenvalue weighted by Gasteiger charge is -2.39. The molecule has 1 aromatic carbocycles. The van der Waals surface area contributed by atoms with E-state index in [2.05, 4.69) is 17.2 Å². The molecule has 1 saturated heterocycles. The molecule has 2 N–H and O–H groups in total. The van der Waals surface area contributed by atoms with Gasteiger partial charge in [0.05, 0.1) is 0 Å². The highest BCUT2D eigenvalue weighted by Gasteiger charge is 2.31. The minimum Gasteiger partial charge on any atom is -0.350 e. The number of carbonyl (C=O) groups is 2. The van der Waals surface area contributed by atoms with Crippen molar-refractivity contribution in [1.82, 2.24) is 15.2 Å². The van der Waals surface area contributed by atoms with Crippen LogP contribution < -0.4 is 10.9 Å². The fourth-order valence-corrected chi connectivity index (χ4v) is 4.07. The predicted molar refractivity (Wildman–Crippen MR) is 118 cm³/mol. The zero-order valence-corrected chi connectivity index (χ0v) is 18.2. The molecular weight excluding hydrogens is 378 g/mol. The Kier molecular flexibility index (Phi) is 6.75. The lowest BCUT2D eigenvalue weighted by molar-refractivity contribution is 0.0550. The van der Waals surface area contributed by atoms with Crippen LogP contribution in [0, 0.1) is 19.8 Å². The first-order chi connectivity index (χ1) is 14.3. The molecule has 1 aliphatic rings. The number of carbonyl (C=O) groups excluding carboxylic acids is 2. The van der Waals surface area contributed by atoms with E-state index in [0.717, 1.165) is 35.2 Å². The zero-order valence-electron chi connectivity index (χ0n) is 18.2. The topological polar surface area (TPSA) is 82.3 Å². The molecule has 0 bridgehead atoms. The van der Waals surface area contributed by atoms with Crippen LogP contribution in [0.3, 0.4) is 0 Å². The number of piperidine rings is 1. The molecule has 0 spiro atoms. The Bertz CT molecular complexity index is 995. The Hall–Kier alpha value is -2.89. The van der Waals surface area contributed by atoms with Crippen molar-refractivity contribution in [3.05, 3.63) is 68.6 Å². The number of nitrogens with zero attached hydrogens (tertiary/aromatic N) is 1. The van der Waals surface area contributed by atoms with Gasteiger partial charge in [-0.3, -0.25) is 14.4 Å². The molecule has 1 fully saturated rings. The number of aryl methyl sites for hydroxylation is 3. The number of aromatic nitrogens is 1. The van der Waals surface area contributed by atoms with Gasteiger partial charge in [0.2, 0.25) is 5.56 Å². The summed E-state index contributed by atoms with van der Waals surface area (Å²) in [5, 5.41) is 2.94. The summed E-state index contributed by atoms with van der Waals surface area (Å²) in [4.78, 5) is 42.4. The van der Waals surface area contributed by atoms with E-state index in [9.17, 15) is 14.4 Å². The molecule has 2 heterocycles. The van der Waals surface area contributed by atoms with Crippen molar-refractivity contribution in [2.45, 2.75) is 53.0 Å². The van der Waals surface area contributed by atoms with E-state index in [1.807, 2.05) is 43.9 Å². The molecule has 0 saturated carbocycles. The molecule has 2 atom stereocenters. The maximum absolute atomic E-state index is 13.3. The number of aromatic amines is 1. The van der Waals surface area contributed by atoms with Crippen molar-refractivity contribution in [3.8, 4) is 0 Å². The summed E-state index contributed by atoms with van der Waals surface area (Å²) >= 11 is 0. The highest BCUT2D eigenvalue weighted by atomic mass is 16.2. The maximum Gasteiger partial charge on any atom is 0.254 e. The third-order valence-corrected chi connectivity index (χ3v) is 5.90. The van der Waals surface area contributed by atoms with Crippen LogP contribution in [0.1, 0.15) is 64.2 Å². The fourth-order valence-electron chi connectivity index (χ4n) is 4.07. The number of nitrogens with one attached hydrogen (secondary N) is 2. The standard InChI is InChI=1S/C24H31N3O3/c1-5-19-12-18(13-22(28)26-19)23(29)25-14-20-10-16(3)8-9-27(20)24(30)21-11-15(2)6-7-17(21)4/h6-7,11-13,16,20H,5,8-10,14H2,1-4H3,(H,25,29)(H,26,28)/t16-,20+/m1/s1. The van der Waals surface area contributed by atoms with Gasteiger partial charge in [-0.15, -0.1) is 0 Å². The summed E-state index contributed by atoms with van der Waals surface area (Å²) in [6.45, 7) is 9.09. The van der Waals surface area contributed by atoms with Gasteiger partial charge in [0.15, 0.2) is 0 Å². The van der Waals surface area contributed by atoms with Crippen LogP contribution >= 0.6 is 0 Å². The normalized spacial score (nSPS) is 18.9. The largest absolute Gasteiger partial charge is 0.350 e. The average Bonchev–Trinajstić information content (AvgIpc) is 2.72. The molecule has 6 nitrogen and oxygen atoms in total. The van der Waals surface area contributed by atoms with E-state index in [0.29, 0.717) is 31.0 Å². The molecular formula is C24H31N3O3. The number of amides is 2. The molecule has 3 rings (SSSR count). The second kappa shape index (κ2) is 9.28. The highest BCUT2D eigenvalue weighted by Crippen LogP contribution is 2.25. The van der Waals surface area contributed by atoms with E-state index >= 15 is 0 Å². The molecule has 6 heteroatoms. The van der Waals surface area contributed by atoms with Crippen LogP contribution in [0.15, 0.2) is 35.1 Å². The summed E-state index contributed by atoms with van der Waals surface area (Å²) in [7, 11) is 0. The summed E-state index contributed by atoms with van der Waals surface area (Å²) in [6, 6.07) is 8.88. The van der Waals surface area contributed by atoms with Gasteiger partial charge in [0, 0.05) is 42.0 Å². The summed E-state index contributed by atoms with van der Waals surface area (Å²) in [6.07, 6.45) is 2.44. The first-order valence-corrected chi connectivity index (χ1v) is 10.7. The van der Waals surface area contributed by atoms with Gasteiger partial charge in [0.25, 0.3) is 11.8 Å². The van der Waals surface area contributed by atoms with Crippen molar-refractivity contribution in [2.75, 3.05) is 13.1 Å². The Morgan fingerprint density at radius 2 is 1.97 bits per heavy atom. The first-order valence-electron chi connectivity index (χ1n) is 10.7. The number of likely N-dealkylation sites (tertiary alicyclic amines) is 1. The second-order valence-corrected chi connectivity index (χ2v) is 8.42. The molecule has 0 radical (unpaired) electrons. The van der Waals surface area contributed by atoms with Crippen LogP contribution in [0.5, 0.6) is 0 Å². The average molecular weight is 410 g/mol. The number of benzene rings is 1. The molecule has 160 valence electrons. The van der Waals surface area contributed by atoms with Gasteiger partial charge < -0.3 is 15.2 Å². The van der Waals surface area contributed by atoms with Gasteiger partial charge in [-0.05, 0) is 56.7 Å². The highest BCUT2D eigenvalue weighted by molar-refractivity contribution is 5.96. The fraction of sp³-hybridized carbons (Fsp3) is 0.458. The molecule has 0 aliphatic carbocycles. The molecule has 1 aliphatic heterocycles. The lowest BCUT2D eigenvalue weighted by atomic mass is 9.91. The minimum atomic E-state index is -0.284. The third kappa shape index (κ3) is 4.99. The van der Waals surface area contributed by atoms with Crippen molar-refractivity contribution in [1.29, 1.82) is 0 Å². The monoisotopic (exact) mass is 409 g/mol. The molecule has 1 aromatic heterocycles. The van der Waals surface area contributed by atoms with Crippen LogP contribution in [0.25, 0.3) is 0 Å². The number of hydrogen-bond donors (Lipinski definition) is 2. The van der Waals surface area contributed by atoms with Gasteiger partial charge in [-0.25, -0.2) is 0 Å². The summed E-state index contributed by atoms with van der Waals surface area (Å²) in [5.41, 5.74) is 3.54. The van der Waals surface area contributed by atoms with Gasteiger partial charge in [0.1, 0.15) is 0 Å². The first kappa shape index (κ1) is 21.8. The summed E-state index contributed by atoms with van der Waals surface area (Å²) in [5.74, 6) is 0.223. The Balaban J connectivity index is 1.76. The zero-order chi connectivity index (χ0) is 21.8. The predicted octanol–water partition coefficient (Wildman–Crippen LogP) is 3.22. The van der Waals surface area contributed by atoms with Gasteiger partial charge >= 0.3 is 0 Å². The van der Waals surface area contributed by atoms with Crippen molar-refractivity contribution in [3.63, 3.8) is 0 Å². The Morgan fingerprint density at radius 3 is 2.70 bits per heavy atom. The minimum absolute atomic E-state index is 0.0202. The van der Waals surface area contributed by atoms with Crippen molar-refractivity contribution >= 4 is 11.8 Å². The number of rotatable bonds is 5. The van der Waals surface area contributed by atoms with Crippen LogP contribution in [0.4, 0.5) is 0 Å². The van der Waals surface area contributed by atoms with Gasteiger partial charge in [-0.2, -0.15) is 0 Å². The second-order valence-electron chi connectivity index (χ2n) is 8.42. The van der Waals surface area contributed by atoms with Crippen molar-refractivity contribution in [2.24, 2.45) is 5.92 Å². The molecule has 0 unspecified atom stereocenters. The van der Waals surface area contributed by atoms with E-state index in [1.165, 1.54) is 6.07 Å². The number of hydrogen-bond acceptors (Lipinski definition) is 3. The Labute approximate surface area is 177 Å². The number of H-pyrrole nitrogens is 1. The van der Waals surface area contributed by atoms with E-state index in [1.54, 1.807) is 6.07 Å². The summed E-state index contributed by atoms with van der Waals surface area (Å²) < 4.78 is 0. The van der Waals surface area contributed by atoms with E-state index in [-0.39, 0.29) is 23.4 Å². The third-order valence-electron chi connectivity index (χ3n) is 5.90. The van der Waals surface area contributed by atoms with E-state index in [4.69, 9.17) is 0 Å². The van der Waals surface area contributed by atoms with E-state index < -0.39 is 0 Å². The van der Waals surface area contributed by atoms with Gasteiger partial charge in [-0.1, -0.05) is 31.5 Å². The smallest absolute Gasteiger partial charge is 0.254 e. The van der Waals surface area contributed by atoms with Crippen LogP contribution in [-0.4, -0.2) is 40.8 Å². The maximum atomic E-state index is 13.3. The van der Waals surface area contributed by atoms with Crippen LogP contribution in [0.2, 0.25) is 0 Å². The van der Waals surface area contributed by atoms with Crippen molar-refractivity contribution < 1.29 is 9.59 Å². The Morgan fingerprint density at radius 1 is 1.20 bits per heavy atom. The molecule has 2 amide bonds. The molecule has 30 heavy (non-hydrogen) atoms. The molecule has 2 aromatic rings. The number of pyridine rings is 1. The quantitative estimate of drug-likeness (QED) is 0.795.